The van der Waals surface area contributed by atoms with Crippen molar-refractivity contribution in [2.75, 3.05) is 23.7 Å². The van der Waals surface area contributed by atoms with Crippen LogP contribution in [0.3, 0.4) is 0 Å². The molecule has 2 amide bonds. The Morgan fingerprint density at radius 2 is 1.45 bits per heavy atom. The van der Waals surface area contributed by atoms with E-state index in [4.69, 9.17) is 4.74 Å². The summed E-state index contributed by atoms with van der Waals surface area (Å²) in [7, 11) is -4.25. The summed E-state index contributed by atoms with van der Waals surface area (Å²) in [5, 5.41) is 3.25. The van der Waals surface area contributed by atoms with Crippen molar-refractivity contribution in [3.8, 4) is 5.75 Å². The van der Waals surface area contributed by atoms with Crippen LogP contribution in [0.5, 0.6) is 5.75 Å². The van der Waals surface area contributed by atoms with Gasteiger partial charge in [-0.25, -0.2) is 8.42 Å². The Morgan fingerprint density at radius 1 is 0.837 bits per heavy atom. The molecule has 0 bridgehead atoms. The first kappa shape index (κ1) is 36.0. The largest absolute Gasteiger partial charge is 0.492 e. The standard InChI is InChI=1S/C39H45N3O5S2/c1-3-47-37-22-14-13-21-35(37)42(49(45,46)34-25-23-33(48-2)24-26-34)29-38(43)41(28-31-17-9-5-10-18-31)36(27-30-15-7-4-8-16-30)39(44)40-32-19-11-6-12-20-32/h4-5,7-10,13-18,21-26,32,36H,3,6,11-12,19-20,27-29H2,1-2H3,(H,40,44)/t36-/m1/s1. The summed E-state index contributed by atoms with van der Waals surface area (Å²) in [5.74, 6) is -0.399. The van der Waals surface area contributed by atoms with Crippen molar-refractivity contribution >= 4 is 39.3 Å². The highest BCUT2D eigenvalue weighted by atomic mass is 32.2. The zero-order valence-corrected chi connectivity index (χ0v) is 29.8. The molecular weight excluding hydrogens is 655 g/mol. The second-order valence-electron chi connectivity index (χ2n) is 12.1. The van der Waals surface area contributed by atoms with Crippen LogP contribution in [0.1, 0.15) is 50.2 Å². The molecular formula is C39H45N3O5S2. The molecule has 0 aliphatic heterocycles. The molecule has 0 aromatic heterocycles. The highest BCUT2D eigenvalue weighted by molar-refractivity contribution is 7.98. The van der Waals surface area contributed by atoms with Crippen molar-refractivity contribution in [3.05, 3.63) is 120 Å². The van der Waals surface area contributed by atoms with Crippen molar-refractivity contribution < 1.29 is 22.7 Å². The van der Waals surface area contributed by atoms with Gasteiger partial charge in [0.05, 0.1) is 17.2 Å². The fraction of sp³-hybridized carbons (Fsp3) is 0.333. The fourth-order valence-electron chi connectivity index (χ4n) is 6.21. The number of nitrogens with one attached hydrogen (secondary N) is 1. The average Bonchev–Trinajstić information content (AvgIpc) is 3.13. The van der Waals surface area contributed by atoms with Crippen LogP contribution in [0, 0.1) is 0 Å². The zero-order valence-electron chi connectivity index (χ0n) is 28.2. The Labute approximate surface area is 294 Å². The Kier molecular flexibility index (Phi) is 12.8. The molecule has 8 nitrogen and oxygen atoms in total. The summed E-state index contributed by atoms with van der Waals surface area (Å²) in [4.78, 5) is 31.6. The van der Waals surface area contributed by atoms with Crippen molar-refractivity contribution in [2.24, 2.45) is 0 Å². The fourth-order valence-corrected chi connectivity index (χ4v) is 8.04. The quantitative estimate of drug-likeness (QED) is 0.133. The van der Waals surface area contributed by atoms with Crippen molar-refractivity contribution in [3.63, 3.8) is 0 Å². The molecule has 1 atom stereocenters. The predicted octanol–water partition coefficient (Wildman–Crippen LogP) is 7.09. The van der Waals surface area contributed by atoms with E-state index >= 15 is 0 Å². The second kappa shape index (κ2) is 17.4. The van der Waals surface area contributed by atoms with Gasteiger partial charge in [-0.1, -0.05) is 92.1 Å². The molecule has 0 spiro atoms. The van der Waals surface area contributed by atoms with E-state index in [1.165, 1.54) is 11.8 Å². The molecule has 1 fully saturated rings. The number of rotatable bonds is 15. The van der Waals surface area contributed by atoms with Gasteiger partial charge < -0.3 is 15.0 Å². The van der Waals surface area contributed by atoms with E-state index in [1.54, 1.807) is 53.4 Å². The molecule has 1 aliphatic rings. The van der Waals surface area contributed by atoms with Gasteiger partial charge in [0.2, 0.25) is 11.8 Å². The normalized spacial score (nSPS) is 14.1. The molecule has 258 valence electrons. The minimum atomic E-state index is -4.25. The smallest absolute Gasteiger partial charge is 0.264 e. The molecule has 10 heteroatoms. The third kappa shape index (κ3) is 9.45. The molecule has 0 radical (unpaired) electrons. The minimum absolute atomic E-state index is 0.0346. The molecule has 1 N–H and O–H groups in total. The van der Waals surface area contributed by atoms with Crippen molar-refractivity contribution in [1.29, 1.82) is 0 Å². The minimum Gasteiger partial charge on any atom is -0.492 e. The summed E-state index contributed by atoms with van der Waals surface area (Å²) in [6.07, 6.45) is 7.22. The van der Waals surface area contributed by atoms with Crippen molar-refractivity contribution in [1.82, 2.24) is 10.2 Å². The first-order chi connectivity index (χ1) is 23.8. The number of anilines is 1. The number of ether oxygens (including phenoxy) is 1. The van der Waals surface area contributed by atoms with Crippen LogP contribution in [0.4, 0.5) is 5.69 Å². The van der Waals surface area contributed by atoms with Gasteiger partial charge in [0.15, 0.2) is 0 Å². The van der Waals surface area contributed by atoms with Gasteiger partial charge in [-0.3, -0.25) is 13.9 Å². The highest BCUT2D eigenvalue weighted by Gasteiger charge is 2.36. The summed E-state index contributed by atoms with van der Waals surface area (Å²) in [5.41, 5.74) is 1.98. The lowest BCUT2D eigenvalue weighted by Crippen LogP contribution is -2.55. The number of nitrogens with zero attached hydrogens (tertiary/aromatic N) is 2. The molecule has 0 unspecified atom stereocenters. The number of thioether (sulfide) groups is 1. The lowest BCUT2D eigenvalue weighted by atomic mass is 9.94. The number of para-hydroxylation sites is 2. The summed E-state index contributed by atoms with van der Waals surface area (Å²) < 4.78 is 35.9. The predicted molar refractivity (Wildman–Crippen MR) is 196 cm³/mol. The maximum absolute atomic E-state index is 14.8. The molecule has 1 saturated carbocycles. The van der Waals surface area contributed by atoms with E-state index in [0.717, 1.165) is 52.4 Å². The van der Waals surface area contributed by atoms with E-state index in [0.29, 0.717) is 12.4 Å². The first-order valence-electron chi connectivity index (χ1n) is 16.9. The molecule has 4 aromatic carbocycles. The van der Waals surface area contributed by atoms with Crippen LogP contribution in [-0.4, -0.2) is 56.6 Å². The third-order valence-corrected chi connectivity index (χ3v) is 11.3. The van der Waals surface area contributed by atoms with Crippen LogP contribution < -0.4 is 14.4 Å². The Balaban J connectivity index is 1.58. The van der Waals surface area contributed by atoms with E-state index in [1.807, 2.05) is 73.8 Å². The Hall–Kier alpha value is -4.28. The number of carbonyl (C=O) groups is 2. The third-order valence-electron chi connectivity index (χ3n) is 8.78. The lowest BCUT2D eigenvalue weighted by Gasteiger charge is -2.35. The number of amides is 2. The van der Waals surface area contributed by atoms with Crippen LogP contribution in [0.25, 0.3) is 0 Å². The second-order valence-corrected chi connectivity index (χ2v) is 14.9. The molecule has 1 aliphatic carbocycles. The van der Waals surface area contributed by atoms with Crippen LogP contribution in [0.2, 0.25) is 0 Å². The highest BCUT2D eigenvalue weighted by Crippen LogP contribution is 2.33. The number of hydrogen-bond donors (Lipinski definition) is 1. The molecule has 0 saturated heterocycles. The monoisotopic (exact) mass is 699 g/mol. The number of carbonyl (C=O) groups excluding carboxylic acids is 2. The van der Waals surface area contributed by atoms with E-state index in [9.17, 15) is 18.0 Å². The molecule has 5 rings (SSSR count). The summed E-state index contributed by atoms with van der Waals surface area (Å²) in [6, 6.07) is 31.7. The lowest BCUT2D eigenvalue weighted by molar-refractivity contribution is -0.140. The van der Waals surface area contributed by atoms with Gasteiger partial charge in [-0.2, -0.15) is 0 Å². The van der Waals surface area contributed by atoms with Gasteiger partial charge in [0.1, 0.15) is 18.3 Å². The Bertz CT molecular complexity index is 1760. The zero-order chi connectivity index (χ0) is 34.6. The topological polar surface area (TPSA) is 96.0 Å². The van der Waals surface area contributed by atoms with E-state index in [-0.39, 0.29) is 35.5 Å². The summed E-state index contributed by atoms with van der Waals surface area (Å²) >= 11 is 1.51. The maximum atomic E-state index is 14.8. The van der Waals surface area contributed by atoms with Crippen LogP contribution >= 0.6 is 11.8 Å². The average molecular weight is 700 g/mol. The molecule has 4 aromatic rings. The van der Waals surface area contributed by atoms with Gasteiger partial charge in [0, 0.05) is 23.9 Å². The van der Waals surface area contributed by atoms with Gasteiger partial charge in [0.25, 0.3) is 10.0 Å². The van der Waals surface area contributed by atoms with Gasteiger partial charge in [-0.05, 0) is 73.5 Å². The molecule has 0 heterocycles. The Morgan fingerprint density at radius 3 is 2.08 bits per heavy atom. The van der Waals surface area contributed by atoms with Crippen LogP contribution in [-0.2, 0) is 32.6 Å². The number of hydrogen-bond acceptors (Lipinski definition) is 6. The number of sulfonamides is 1. The summed E-state index contributed by atoms with van der Waals surface area (Å²) in [6.45, 7) is 1.72. The van der Waals surface area contributed by atoms with Gasteiger partial charge >= 0.3 is 0 Å². The van der Waals surface area contributed by atoms with Crippen LogP contribution in [0.15, 0.2) is 119 Å². The van der Waals surface area contributed by atoms with Gasteiger partial charge in [-0.15, -0.1) is 11.8 Å². The first-order valence-corrected chi connectivity index (χ1v) is 19.5. The molecule has 49 heavy (non-hydrogen) atoms. The van der Waals surface area contributed by atoms with E-state index < -0.39 is 28.5 Å². The number of benzene rings is 4. The van der Waals surface area contributed by atoms with Crippen molar-refractivity contribution in [2.45, 2.75) is 73.9 Å². The maximum Gasteiger partial charge on any atom is 0.264 e. The van der Waals surface area contributed by atoms with E-state index in [2.05, 4.69) is 5.32 Å². The SMILES string of the molecule is CCOc1ccccc1N(CC(=O)N(Cc1ccccc1)[C@H](Cc1ccccc1)C(=O)NC1CCCCC1)S(=O)(=O)c1ccc(SC)cc1.